The van der Waals surface area contributed by atoms with E-state index in [1.54, 1.807) is 38.1 Å². The molecule has 4 heterocycles. The number of carbonyl (C=O) groups is 4. The summed E-state index contributed by atoms with van der Waals surface area (Å²) in [4.78, 5) is 69.1. The zero-order valence-electron chi connectivity index (χ0n) is 32.2. The molecule has 7 N–H and O–H groups in total. The van der Waals surface area contributed by atoms with E-state index in [0.29, 0.717) is 24.6 Å². The normalized spacial score (nSPS) is 19.4. The Morgan fingerprint density at radius 2 is 1.39 bits per heavy atom. The van der Waals surface area contributed by atoms with Crippen molar-refractivity contribution < 1.29 is 39.2 Å². The fourth-order valence-electron chi connectivity index (χ4n) is 7.29. The Balaban J connectivity index is 1.09. The van der Waals surface area contributed by atoms with Crippen LogP contribution in [0.4, 0.5) is 9.59 Å². The molecule has 4 aromatic rings. The summed E-state index contributed by atoms with van der Waals surface area (Å²) in [7, 11) is 1.23. The number of nitrogens with one attached hydrogen (secondary N) is 4. The third kappa shape index (κ3) is 9.28. The van der Waals surface area contributed by atoms with Gasteiger partial charge in [-0.1, -0.05) is 56.9 Å². The maximum Gasteiger partial charge on any atom is 0.407 e. The molecular formula is C41H48N8O8. The minimum absolute atomic E-state index is 0.0832. The number of carboxylic acid groups (broad SMARTS) is 1. The molecule has 4 amide bonds. The minimum atomic E-state index is -1.28. The largest absolute Gasteiger partial charge is 0.465 e. The van der Waals surface area contributed by atoms with Gasteiger partial charge in [0.15, 0.2) is 0 Å². The maximum absolute atomic E-state index is 13.5. The first-order valence-corrected chi connectivity index (χ1v) is 18.9. The van der Waals surface area contributed by atoms with Gasteiger partial charge in [-0.15, -0.1) is 0 Å². The Morgan fingerprint density at radius 3 is 1.89 bits per heavy atom. The highest BCUT2D eigenvalue weighted by atomic mass is 16.5. The van der Waals surface area contributed by atoms with Gasteiger partial charge in [-0.3, -0.25) is 9.59 Å². The molecule has 16 nitrogen and oxygen atoms in total. The molecule has 0 bridgehead atoms. The monoisotopic (exact) mass is 780 g/mol. The zero-order valence-corrected chi connectivity index (χ0v) is 32.2. The number of benzene rings is 2. The van der Waals surface area contributed by atoms with Crippen LogP contribution in [0.25, 0.3) is 22.5 Å². The van der Waals surface area contributed by atoms with Crippen LogP contribution in [0.2, 0.25) is 0 Å². The van der Waals surface area contributed by atoms with Crippen molar-refractivity contribution in [2.75, 3.05) is 26.8 Å². The summed E-state index contributed by atoms with van der Waals surface area (Å²) in [5.74, 6) is 6.05. The van der Waals surface area contributed by atoms with Crippen LogP contribution in [0, 0.1) is 23.7 Å². The van der Waals surface area contributed by atoms with E-state index in [-0.39, 0.29) is 37.4 Å². The fraction of sp³-hybridized carbons (Fsp3) is 0.415. The van der Waals surface area contributed by atoms with Gasteiger partial charge in [0.2, 0.25) is 11.8 Å². The quantitative estimate of drug-likeness (QED) is 0.109. The molecule has 2 unspecified atom stereocenters. The Hall–Kier alpha value is -6.18. The van der Waals surface area contributed by atoms with Crippen LogP contribution in [0.5, 0.6) is 0 Å². The standard InChI is InChI=1S/C41H48N8O8/c1-23(2)34(46-40(54)55)38(52)49-21-29(51)18-33(49)37-43-20-31(45-37)28-15-11-26(12-16-28)8-7-25-9-13-27(14-10-25)30-19-42-36(44-30)32-6-5-17-48(32)39(53)35(24(3)22-50)47-41(56)57-4/h9-16,19-20,23-24,29,32-35,46,50-51H,5-6,17-18,21-22H2,1-4H3,(H,42,44)(H,43,45)(H,47,56)(H,54,55)/t24?,29-,32?,33+,34+,35+/m1/s1. The number of aromatic amines is 2. The van der Waals surface area contributed by atoms with Crippen molar-refractivity contribution in [3.8, 4) is 34.4 Å². The number of aliphatic hydroxyl groups excluding tert-OH is 2. The lowest BCUT2D eigenvalue weighted by atomic mass is 10.0. The molecule has 2 aliphatic rings. The first-order valence-electron chi connectivity index (χ1n) is 18.9. The van der Waals surface area contributed by atoms with E-state index < -0.39 is 48.2 Å². The van der Waals surface area contributed by atoms with E-state index in [1.807, 2.05) is 48.5 Å². The first-order chi connectivity index (χ1) is 27.4. The highest BCUT2D eigenvalue weighted by molar-refractivity contribution is 5.87. The molecular weight excluding hydrogens is 732 g/mol. The van der Waals surface area contributed by atoms with E-state index in [2.05, 4.69) is 42.4 Å². The van der Waals surface area contributed by atoms with Crippen molar-refractivity contribution in [2.24, 2.45) is 11.8 Å². The van der Waals surface area contributed by atoms with Crippen molar-refractivity contribution in [2.45, 2.75) is 70.3 Å². The Morgan fingerprint density at radius 1 is 0.842 bits per heavy atom. The number of amides is 4. The van der Waals surface area contributed by atoms with Crippen LogP contribution in [0.15, 0.2) is 60.9 Å². The summed E-state index contributed by atoms with van der Waals surface area (Å²) < 4.78 is 4.70. The molecule has 2 aliphatic heterocycles. The number of ether oxygens (including phenoxy) is 1. The second kappa shape index (κ2) is 17.7. The highest BCUT2D eigenvalue weighted by Crippen LogP contribution is 2.34. The molecule has 0 saturated carbocycles. The number of imidazole rings is 2. The number of methoxy groups -OCH3 is 1. The van der Waals surface area contributed by atoms with Crippen LogP contribution < -0.4 is 10.6 Å². The molecule has 0 spiro atoms. The van der Waals surface area contributed by atoms with Crippen LogP contribution in [0.3, 0.4) is 0 Å². The van der Waals surface area contributed by atoms with Gasteiger partial charge in [-0.05, 0) is 54.2 Å². The summed E-state index contributed by atoms with van der Waals surface area (Å²) in [6, 6.07) is 12.6. The number of hydrogen-bond acceptors (Lipinski definition) is 9. The van der Waals surface area contributed by atoms with Gasteiger partial charge >= 0.3 is 12.2 Å². The predicted octanol–water partition coefficient (Wildman–Crippen LogP) is 3.81. The SMILES string of the molecule is COC(=O)N[C@H](C(=O)N1CCCC1c1ncc(-c2ccc(C#Cc3ccc(-c4cnc([C@@H]5C[C@@H](O)CN5C(=O)[C@@H](NC(=O)O)C(C)C)[nH]4)cc3)cc2)[nH]1)C(C)CO. The van der Waals surface area contributed by atoms with Crippen molar-refractivity contribution in [1.82, 2.24) is 40.4 Å². The van der Waals surface area contributed by atoms with Gasteiger partial charge in [-0.2, -0.15) is 0 Å². The minimum Gasteiger partial charge on any atom is -0.465 e. The van der Waals surface area contributed by atoms with Gasteiger partial charge in [0.05, 0.1) is 49.1 Å². The topological polar surface area (TPSA) is 226 Å². The average Bonchev–Trinajstić information content (AvgIpc) is 4.04. The third-order valence-corrected chi connectivity index (χ3v) is 10.5. The second-order valence-corrected chi connectivity index (χ2v) is 14.8. The molecule has 300 valence electrons. The van der Waals surface area contributed by atoms with Gasteiger partial charge in [-0.25, -0.2) is 19.6 Å². The van der Waals surface area contributed by atoms with E-state index in [9.17, 15) is 34.5 Å². The molecule has 2 aromatic heterocycles. The van der Waals surface area contributed by atoms with Crippen LogP contribution in [-0.4, -0.2) is 114 Å². The summed E-state index contributed by atoms with van der Waals surface area (Å²) in [5.41, 5.74) is 4.88. The molecule has 16 heteroatoms. The third-order valence-electron chi connectivity index (χ3n) is 10.5. The number of β-amino-alcohol motifs (C(OH)–C–C–N with tert-alkyl or cyclic N) is 1. The van der Waals surface area contributed by atoms with Crippen LogP contribution in [0.1, 0.15) is 74.9 Å². The van der Waals surface area contributed by atoms with E-state index in [0.717, 1.165) is 40.1 Å². The molecule has 6 atom stereocenters. The highest BCUT2D eigenvalue weighted by Gasteiger charge is 2.41. The summed E-state index contributed by atoms with van der Waals surface area (Å²) in [6.45, 7) is 5.53. The zero-order chi connectivity index (χ0) is 40.8. The Kier molecular flexibility index (Phi) is 12.6. The maximum atomic E-state index is 13.5. The van der Waals surface area contributed by atoms with Crippen molar-refractivity contribution in [1.29, 1.82) is 0 Å². The van der Waals surface area contributed by atoms with Gasteiger partial charge in [0.25, 0.3) is 0 Å². The van der Waals surface area contributed by atoms with Crippen LogP contribution >= 0.6 is 0 Å². The van der Waals surface area contributed by atoms with Gasteiger partial charge in [0.1, 0.15) is 23.7 Å². The first kappa shape index (κ1) is 40.5. The molecule has 6 rings (SSSR count). The fourth-order valence-corrected chi connectivity index (χ4v) is 7.29. The second-order valence-electron chi connectivity index (χ2n) is 14.8. The molecule has 2 saturated heterocycles. The number of rotatable bonds is 11. The summed E-state index contributed by atoms with van der Waals surface area (Å²) in [6.07, 6.45) is 2.38. The average molecular weight is 781 g/mol. The molecule has 0 radical (unpaired) electrons. The molecule has 0 aliphatic carbocycles. The van der Waals surface area contributed by atoms with E-state index >= 15 is 0 Å². The van der Waals surface area contributed by atoms with E-state index in [1.165, 1.54) is 12.0 Å². The van der Waals surface area contributed by atoms with E-state index in [4.69, 9.17) is 4.74 Å². The molecule has 2 aromatic carbocycles. The smallest absolute Gasteiger partial charge is 0.407 e. The number of aromatic nitrogens is 4. The number of hydrogen-bond donors (Lipinski definition) is 7. The predicted molar refractivity (Wildman–Crippen MR) is 208 cm³/mol. The lowest BCUT2D eigenvalue weighted by Crippen LogP contribution is -2.52. The van der Waals surface area contributed by atoms with Crippen molar-refractivity contribution >= 4 is 24.0 Å². The summed E-state index contributed by atoms with van der Waals surface area (Å²) in [5, 5.41) is 34.3. The van der Waals surface area contributed by atoms with Crippen molar-refractivity contribution in [3.63, 3.8) is 0 Å². The lowest BCUT2D eigenvalue weighted by molar-refractivity contribution is -0.136. The number of alkyl carbamates (subject to hydrolysis) is 1. The summed E-state index contributed by atoms with van der Waals surface area (Å²) >= 11 is 0. The number of carbonyl (C=O) groups excluding carboxylic acids is 3. The molecule has 2 fully saturated rings. The van der Waals surface area contributed by atoms with Gasteiger partial charge < -0.3 is 50.5 Å². The van der Waals surface area contributed by atoms with Crippen LogP contribution in [-0.2, 0) is 14.3 Å². The lowest BCUT2D eigenvalue weighted by Gasteiger charge is -2.30. The Bertz CT molecular complexity index is 2120. The number of H-pyrrole nitrogens is 2. The number of aliphatic hydroxyl groups is 2. The molecule has 57 heavy (non-hydrogen) atoms. The Labute approximate surface area is 330 Å². The number of likely N-dealkylation sites (tertiary alicyclic amines) is 2. The number of nitrogens with zero attached hydrogens (tertiary/aromatic N) is 4. The van der Waals surface area contributed by atoms with Gasteiger partial charge in [0, 0.05) is 43.2 Å². The van der Waals surface area contributed by atoms with Crippen molar-refractivity contribution in [3.05, 3.63) is 83.7 Å².